The second kappa shape index (κ2) is 8.41. The lowest BCUT2D eigenvalue weighted by Crippen LogP contribution is -3.15. The summed E-state index contributed by atoms with van der Waals surface area (Å²) < 4.78 is 0. The molecule has 1 aromatic rings. The lowest BCUT2D eigenvalue weighted by molar-refractivity contribution is -0.896. The molecule has 1 saturated heterocycles. The average Bonchev–Trinajstić information content (AvgIpc) is 2.54. The summed E-state index contributed by atoms with van der Waals surface area (Å²) in [6, 6.07) is 7.54. The highest BCUT2D eigenvalue weighted by atomic mass is 35.5. The molecule has 0 aliphatic carbocycles. The topological polar surface area (TPSA) is 53.9 Å². The van der Waals surface area contributed by atoms with E-state index in [1.807, 2.05) is 29.2 Å². The number of hydrogen-bond donors (Lipinski definition) is 2. The van der Waals surface area contributed by atoms with Crippen LogP contribution in [0.25, 0.3) is 0 Å². The molecule has 0 saturated carbocycles. The van der Waals surface area contributed by atoms with Crippen molar-refractivity contribution in [1.82, 2.24) is 10.2 Å². The van der Waals surface area contributed by atoms with Crippen molar-refractivity contribution in [1.29, 1.82) is 0 Å². The van der Waals surface area contributed by atoms with E-state index in [0.717, 1.165) is 18.0 Å². The van der Waals surface area contributed by atoms with Gasteiger partial charge in [0.25, 0.3) is 5.91 Å². The van der Waals surface area contributed by atoms with E-state index < -0.39 is 0 Å². The lowest BCUT2D eigenvalue weighted by Gasteiger charge is -2.31. The molecule has 0 unspecified atom stereocenters. The number of piperazine rings is 1. The third-order valence-electron chi connectivity index (χ3n) is 3.70. The number of hydrogen-bond acceptors (Lipinski definition) is 3. The summed E-state index contributed by atoms with van der Waals surface area (Å²) in [5.41, 5.74) is 0. The monoisotopic (exact) mass is 342 g/mol. The molecule has 1 aliphatic heterocycles. The van der Waals surface area contributed by atoms with E-state index in [0.29, 0.717) is 30.4 Å². The Balaban J connectivity index is 1.76. The first-order chi connectivity index (χ1) is 10.6. The molecule has 1 aliphatic rings. The summed E-state index contributed by atoms with van der Waals surface area (Å²) in [5.74, 6) is 0.571. The molecule has 2 rings (SSSR count). The number of amides is 2. The smallest absolute Gasteiger partial charge is 0.274 e. The van der Waals surface area contributed by atoms with Gasteiger partial charge in [-0.3, -0.25) is 9.59 Å². The van der Waals surface area contributed by atoms with Crippen LogP contribution in [0.5, 0.6) is 0 Å². The van der Waals surface area contributed by atoms with Gasteiger partial charge in [0.1, 0.15) is 0 Å². The molecule has 0 aromatic heterocycles. The molecule has 2 N–H and O–H groups in total. The number of carbonyl (C=O) groups excluding carboxylic acids is 2. The van der Waals surface area contributed by atoms with Crippen LogP contribution in [0.3, 0.4) is 0 Å². The number of nitrogens with one attached hydrogen (secondary N) is 2. The van der Waals surface area contributed by atoms with Gasteiger partial charge in [0.15, 0.2) is 6.54 Å². The molecule has 7 heteroatoms. The molecule has 1 aromatic carbocycles. The number of likely N-dealkylation sites (N-methyl/N-ethyl adjacent to an activating group) is 1. The van der Waals surface area contributed by atoms with Crippen LogP contribution in [-0.4, -0.2) is 62.2 Å². The molecule has 2 amide bonds. The minimum atomic E-state index is 0.0454. The Morgan fingerprint density at radius 3 is 2.64 bits per heavy atom. The van der Waals surface area contributed by atoms with Gasteiger partial charge in [-0.05, 0) is 12.1 Å². The molecule has 0 atom stereocenters. The zero-order valence-corrected chi connectivity index (χ0v) is 14.2. The molecule has 1 fully saturated rings. The van der Waals surface area contributed by atoms with Crippen LogP contribution in [0.2, 0.25) is 5.02 Å². The van der Waals surface area contributed by atoms with Crippen LogP contribution in [0, 0.1) is 0 Å². The number of halogens is 1. The third kappa shape index (κ3) is 4.90. The van der Waals surface area contributed by atoms with Crippen molar-refractivity contribution < 1.29 is 14.5 Å². The second-order valence-corrected chi connectivity index (χ2v) is 6.62. The van der Waals surface area contributed by atoms with Gasteiger partial charge in [0, 0.05) is 11.9 Å². The SMILES string of the molecule is CNC(=O)C[NH+]1CCN(C(=O)CSc2ccccc2Cl)CC1. The van der Waals surface area contributed by atoms with Crippen molar-refractivity contribution >= 4 is 35.2 Å². The molecule has 0 spiro atoms. The summed E-state index contributed by atoms with van der Waals surface area (Å²) in [4.78, 5) is 27.6. The number of benzene rings is 1. The second-order valence-electron chi connectivity index (χ2n) is 5.20. The van der Waals surface area contributed by atoms with Crippen molar-refractivity contribution in [2.45, 2.75) is 4.90 Å². The van der Waals surface area contributed by atoms with E-state index in [-0.39, 0.29) is 11.8 Å². The number of rotatable bonds is 5. The van der Waals surface area contributed by atoms with Gasteiger partial charge in [0.2, 0.25) is 5.91 Å². The van der Waals surface area contributed by atoms with Crippen molar-refractivity contribution in [2.75, 3.05) is 45.5 Å². The highest BCUT2D eigenvalue weighted by Gasteiger charge is 2.24. The van der Waals surface area contributed by atoms with Crippen LogP contribution < -0.4 is 10.2 Å². The fraction of sp³-hybridized carbons (Fsp3) is 0.467. The summed E-state index contributed by atoms with van der Waals surface area (Å²) in [5, 5.41) is 3.31. The van der Waals surface area contributed by atoms with E-state index in [1.165, 1.54) is 16.7 Å². The van der Waals surface area contributed by atoms with E-state index in [1.54, 1.807) is 7.05 Å². The third-order valence-corrected chi connectivity index (χ3v) is 5.20. The predicted molar refractivity (Wildman–Crippen MR) is 88.4 cm³/mol. The molecule has 22 heavy (non-hydrogen) atoms. The standard InChI is InChI=1S/C15H20ClN3O2S/c1-17-14(20)10-18-6-8-19(9-7-18)15(21)11-22-13-5-3-2-4-12(13)16/h2-5H,6-11H2,1H3,(H,17,20)/p+1. The number of thioether (sulfide) groups is 1. The number of quaternary nitrogens is 1. The van der Waals surface area contributed by atoms with Crippen molar-refractivity contribution in [2.24, 2.45) is 0 Å². The maximum atomic E-state index is 12.2. The zero-order valence-electron chi connectivity index (χ0n) is 12.6. The lowest BCUT2D eigenvalue weighted by atomic mass is 10.3. The summed E-state index contributed by atoms with van der Waals surface area (Å²) in [7, 11) is 1.65. The van der Waals surface area contributed by atoms with E-state index >= 15 is 0 Å². The molecule has 120 valence electrons. The minimum absolute atomic E-state index is 0.0454. The quantitative estimate of drug-likeness (QED) is 0.735. The van der Waals surface area contributed by atoms with Gasteiger partial charge in [0.05, 0.1) is 37.0 Å². The van der Waals surface area contributed by atoms with Crippen LogP contribution in [0.4, 0.5) is 0 Å². The van der Waals surface area contributed by atoms with E-state index in [2.05, 4.69) is 5.32 Å². The Hall–Kier alpha value is -1.24. The Labute approximate surface area is 140 Å². The maximum absolute atomic E-state index is 12.2. The molecule has 0 radical (unpaired) electrons. The molecule has 5 nitrogen and oxygen atoms in total. The largest absolute Gasteiger partial charge is 0.354 e. The van der Waals surface area contributed by atoms with Crippen LogP contribution in [0.1, 0.15) is 0 Å². The highest BCUT2D eigenvalue weighted by Crippen LogP contribution is 2.26. The van der Waals surface area contributed by atoms with Crippen molar-refractivity contribution in [3.05, 3.63) is 29.3 Å². The summed E-state index contributed by atoms with van der Waals surface area (Å²) in [6.07, 6.45) is 0. The molecular formula is C15H21ClN3O2S+. The first-order valence-corrected chi connectivity index (χ1v) is 8.65. The Morgan fingerprint density at radius 2 is 2.00 bits per heavy atom. The number of nitrogens with zero attached hydrogens (tertiary/aromatic N) is 1. The zero-order chi connectivity index (χ0) is 15.9. The van der Waals surface area contributed by atoms with E-state index in [9.17, 15) is 9.59 Å². The van der Waals surface area contributed by atoms with Gasteiger partial charge < -0.3 is 15.1 Å². The van der Waals surface area contributed by atoms with Gasteiger partial charge in [-0.2, -0.15) is 0 Å². The van der Waals surface area contributed by atoms with Gasteiger partial charge in [-0.15, -0.1) is 11.8 Å². The Bertz CT molecular complexity index is 533. The first-order valence-electron chi connectivity index (χ1n) is 7.29. The Kier molecular flexibility index (Phi) is 6.54. The Morgan fingerprint density at radius 1 is 1.32 bits per heavy atom. The molecule has 1 heterocycles. The molecular weight excluding hydrogens is 322 g/mol. The van der Waals surface area contributed by atoms with Crippen LogP contribution in [-0.2, 0) is 9.59 Å². The molecule has 0 bridgehead atoms. The maximum Gasteiger partial charge on any atom is 0.274 e. The fourth-order valence-corrected chi connectivity index (χ4v) is 3.50. The fourth-order valence-electron chi connectivity index (χ4n) is 2.36. The van der Waals surface area contributed by atoms with Crippen molar-refractivity contribution in [3.8, 4) is 0 Å². The first kappa shape index (κ1) is 17.1. The minimum Gasteiger partial charge on any atom is -0.354 e. The van der Waals surface area contributed by atoms with Crippen molar-refractivity contribution in [3.63, 3.8) is 0 Å². The summed E-state index contributed by atoms with van der Waals surface area (Å²) >= 11 is 7.56. The van der Waals surface area contributed by atoms with Crippen LogP contribution in [0.15, 0.2) is 29.2 Å². The summed E-state index contributed by atoms with van der Waals surface area (Å²) in [6.45, 7) is 3.52. The highest BCUT2D eigenvalue weighted by molar-refractivity contribution is 8.00. The predicted octanol–water partition coefficient (Wildman–Crippen LogP) is -0.0948. The van der Waals surface area contributed by atoms with Crippen LogP contribution >= 0.6 is 23.4 Å². The van der Waals surface area contributed by atoms with E-state index in [4.69, 9.17) is 11.6 Å². The normalized spacial score (nSPS) is 15.6. The van der Waals surface area contributed by atoms with Gasteiger partial charge in [-0.25, -0.2) is 0 Å². The van der Waals surface area contributed by atoms with Gasteiger partial charge >= 0.3 is 0 Å². The number of carbonyl (C=O) groups is 2. The van der Waals surface area contributed by atoms with Gasteiger partial charge in [-0.1, -0.05) is 23.7 Å². The average molecular weight is 343 g/mol.